The Hall–Kier alpha value is -3.92. The fourth-order valence-electron chi connectivity index (χ4n) is 5.43. The lowest BCUT2D eigenvalue weighted by Gasteiger charge is -2.44. The molecular weight excluding hydrogens is 489 g/mol. The zero-order chi connectivity index (χ0) is 27.1. The number of aromatic nitrogens is 2. The molecule has 5 rings (SSSR count). The number of nitrogens with one attached hydrogen (secondary N) is 1. The number of nitrogens with zero attached hydrogens (tertiary/aromatic N) is 4. The highest BCUT2D eigenvalue weighted by molar-refractivity contribution is 5.95. The molecule has 2 aliphatic heterocycles. The summed E-state index contributed by atoms with van der Waals surface area (Å²) in [5.74, 6) is -0.375. The monoisotopic (exact) mass is 521 g/mol. The Kier molecular flexibility index (Phi) is 6.60. The Morgan fingerprint density at radius 3 is 2.47 bits per heavy atom. The average molecular weight is 522 g/mol. The van der Waals surface area contributed by atoms with E-state index in [-0.39, 0.29) is 18.5 Å². The number of benzene rings is 2. The van der Waals surface area contributed by atoms with Gasteiger partial charge in [-0.2, -0.15) is 5.10 Å². The lowest BCUT2D eigenvalue weighted by molar-refractivity contribution is -0.150. The molecule has 38 heavy (non-hydrogen) atoms. The summed E-state index contributed by atoms with van der Waals surface area (Å²) in [6.45, 7) is 4.43. The van der Waals surface area contributed by atoms with Crippen LogP contribution in [0, 0.1) is 5.82 Å². The quantitative estimate of drug-likeness (QED) is 0.514. The van der Waals surface area contributed by atoms with Gasteiger partial charge in [-0.15, -0.1) is 0 Å². The van der Waals surface area contributed by atoms with E-state index in [0.29, 0.717) is 43.8 Å². The van der Waals surface area contributed by atoms with E-state index in [1.54, 1.807) is 27.0 Å². The van der Waals surface area contributed by atoms with Crippen molar-refractivity contribution in [3.63, 3.8) is 0 Å². The minimum Gasteiger partial charge on any atom is -0.497 e. The Balaban J connectivity index is 1.44. The largest absolute Gasteiger partial charge is 0.497 e. The van der Waals surface area contributed by atoms with Crippen LogP contribution in [0.4, 0.5) is 14.9 Å². The Bertz CT molecular complexity index is 1310. The van der Waals surface area contributed by atoms with E-state index in [9.17, 15) is 19.1 Å². The topological polar surface area (TPSA) is 102 Å². The molecule has 2 fully saturated rings. The summed E-state index contributed by atoms with van der Waals surface area (Å²) >= 11 is 0. The van der Waals surface area contributed by atoms with E-state index in [2.05, 4.69) is 10.2 Å². The molecule has 10 heteroatoms. The van der Waals surface area contributed by atoms with Gasteiger partial charge in [0.1, 0.15) is 17.2 Å². The van der Waals surface area contributed by atoms with Gasteiger partial charge in [0.05, 0.1) is 25.4 Å². The van der Waals surface area contributed by atoms with Crippen LogP contribution in [0.3, 0.4) is 0 Å². The maximum absolute atomic E-state index is 14.3. The number of rotatable bonds is 6. The van der Waals surface area contributed by atoms with Crippen molar-refractivity contribution in [1.29, 1.82) is 0 Å². The lowest BCUT2D eigenvalue weighted by Crippen LogP contribution is -2.57. The molecule has 0 saturated carbocycles. The predicted molar refractivity (Wildman–Crippen MR) is 140 cm³/mol. The summed E-state index contributed by atoms with van der Waals surface area (Å²) < 4.78 is 19.5. The number of carbonyl (C=O) groups is 2. The number of hydrogen-bond donors (Lipinski definition) is 2. The summed E-state index contributed by atoms with van der Waals surface area (Å²) in [6, 6.07) is 12.0. The standard InChI is InChI=1S/C28H32FN5O4/c1-27(2,37)25(35)32-10-8-28(9-11-32)18-33(23-6-4-20(5-7-23)21-15-30-31-16-21)26(36)34(28)17-19-12-22(29)14-24(13-19)38-3/h4-7,12-16,37H,8-11,17-18H2,1-3H3,(H,30,31). The molecule has 0 unspecified atom stereocenters. The molecule has 3 aromatic rings. The van der Waals surface area contributed by atoms with Crippen LogP contribution >= 0.6 is 0 Å². The summed E-state index contributed by atoms with van der Waals surface area (Å²) in [7, 11) is 1.48. The molecule has 200 valence electrons. The highest BCUT2D eigenvalue weighted by Gasteiger charge is 2.52. The zero-order valence-corrected chi connectivity index (χ0v) is 21.8. The first kappa shape index (κ1) is 25.7. The SMILES string of the molecule is COc1cc(F)cc(CN2C(=O)N(c3ccc(-c4cn[nH]c4)cc3)CC23CCN(C(=O)C(C)(C)O)CC3)c1. The summed E-state index contributed by atoms with van der Waals surface area (Å²) in [5, 5.41) is 17.0. The van der Waals surface area contributed by atoms with Crippen molar-refractivity contribution in [2.45, 2.75) is 44.4 Å². The first-order chi connectivity index (χ1) is 18.1. The van der Waals surface area contributed by atoms with Gasteiger partial charge in [-0.3, -0.25) is 14.8 Å². The number of aliphatic hydroxyl groups is 1. The molecule has 1 spiro atoms. The minimum absolute atomic E-state index is 0.174. The molecule has 2 saturated heterocycles. The number of likely N-dealkylation sites (tertiary alicyclic amines) is 1. The second-order valence-corrected chi connectivity index (χ2v) is 10.6. The summed E-state index contributed by atoms with van der Waals surface area (Å²) in [4.78, 5) is 31.8. The van der Waals surface area contributed by atoms with Crippen LogP contribution < -0.4 is 9.64 Å². The molecule has 0 aliphatic carbocycles. The van der Waals surface area contributed by atoms with Crippen LogP contribution in [0.15, 0.2) is 54.9 Å². The van der Waals surface area contributed by atoms with Gasteiger partial charge in [0.15, 0.2) is 0 Å². The van der Waals surface area contributed by atoms with Gasteiger partial charge in [-0.05, 0) is 62.1 Å². The number of carbonyl (C=O) groups excluding carboxylic acids is 2. The maximum atomic E-state index is 14.3. The number of methoxy groups -OCH3 is 1. The number of hydrogen-bond acceptors (Lipinski definition) is 5. The van der Waals surface area contributed by atoms with Crippen molar-refractivity contribution < 1.29 is 23.8 Å². The van der Waals surface area contributed by atoms with E-state index in [0.717, 1.165) is 16.8 Å². The molecule has 2 N–H and O–H groups in total. The third kappa shape index (κ3) is 4.83. The molecule has 2 aliphatic rings. The van der Waals surface area contributed by atoms with Crippen molar-refractivity contribution >= 4 is 17.6 Å². The van der Waals surface area contributed by atoms with E-state index >= 15 is 0 Å². The number of piperidine rings is 1. The van der Waals surface area contributed by atoms with Crippen LogP contribution in [0.5, 0.6) is 5.75 Å². The van der Waals surface area contributed by atoms with Gasteiger partial charge in [0.2, 0.25) is 0 Å². The fraction of sp³-hybridized carbons (Fsp3) is 0.393. The first-order valence-electron chi connectivity index (χ1n) is 12.6. The van der Waals surface area contributed by atoms with Crippen LogP contribution in [0.25, 0.3) is 11.1 Å². The second kappa shape index (κ2) is 9.75. The molecule has 0 atom stereocenters. The molecular formula is C28H32FN5O4. The highest BCUT2D eigenvalue weighted by Crippen LogP contribution is 2.40. The van der Waals surface area contributed by atoms with Crippen molar-refractivity contribution in [2.24, 2.45) is 0 Å². The molecule has 1 aromatic heterocycles. The fourth-order valence-corrected chi connectivity index (χ4v) is 5.43. The Labute approximate surface area is 220 Å². The number of amides is 3. The predicted octanol–water partition coefficient (Wildman–Crippen LogP) is 3.80. The molecule has 9 nitrogen and oxygen atoms in total. The van der Waals surface area contributed by atoms with E-state index < -0.39 is 17.0 Å². The van der Waals surface area contributed by atoms with Crippen molar-refractivity contribution in [3.8, 4) is 16.9 Å². The second-order valence-electron chi connectivity index (χ2n) is 10.6. The third-order valence-electron chi connectivity index (χ3n) is 7.51. The molecule has 0 radical (unpaired) electrons. The zero-order valence-electron chi connectivity index (χ0n) is 21.8. The highest BCUT2D eigenvalue weighted by atomic mass is 19.1. The Morgan fingerprint density at radius 1 is 1.16 bits per heavy atom. The van der Waals surface area contributed by atoms with Gasteiger partial charge in [0.25, 0.3) is 5.91 Å². The van der Waals surface area contributed by atoms with Crippen LogP contribution in [0.2, 0.25) is 0 Å². The average Bonchev–Trinajstić information content (AvgIpc) is 3.52. The van der Waals surface area contributed by atoms with Crippen LogP contribution in [0.1, 0.15) is 32.3 Å². The molecule has 3 heterocycles. The van der Waals surface area contributed by atoms with Crippen LogP contribution in [-0.4, -0.2) is 74.9 Å². The van der Waals surface area contributed by atoms with E-state index in [1.165, 1.54) is 33.1 Å². The number of halogens is 1. The van der Waals surface area contributed by atoms with Gasteiger partial charge >= 0.3 is 6.03 Å². The first-order valence-corrected chi connectivity index (χ1v) is 12.6. The van der Waals surface area contributed by atoms with Crippen molar-refractivity contribution in [1.82, 2.24) is 20.0 Å². The van der Waals surface area contributed by atoms with Crippen LogP contribution in [-0.2, 0) is 11.3 Å². The molecule has 2 aromatic carbocycles. The van der Waals surface area contributed by atoms with Gasteiger partial charge in [-0.25, -0.2) is 9.18 Å². The van der Waals surface area contributed by atoms with E-state index in [1.807, 2.05) is 30.5 Å². The normalized spacial score (nSPS) is 17.4. The molecule has 3 amide bonds. The number of anilines is 1. The summed E-state index contributed by atoms with van der Waals surface area (Å²) in [6.07, 6.45) is 4.62. The maximum Gasteiger partial charge on any atom is 0.325 e. The lowest BCUT2D eigenvalue weighted by atomic mass is 9.85. The van der Waals surface area contributed by atoms with Crippen molar-refractivity contribution in [2.75, 3.05) is 31.6 Å². The van der Waals surface area contributed by atoms with Gasteiger partial charge in [-0.1, -0.05) is 12.1 Å². The number of ether oxygens (including phenoxy) is 1. The Morgan fingerprint density at radius 2 is 1.87 bits per heavy atom. The number of urea groups is 1. The van der Waals surface area contributed by atoms with E-state index in [4.69, 9.17) is 4.74 Å². The smallest absolute Gasteiger partial charge is 0.325 e. The number of H-pyrrole nitrogens is 1. The number of aromatic amines is 1. The third-order valence-corrected chi connectivity index (χ3v) is 7.51. The minimum atomic E-state index is -1.46. The summed E-state index contributed by atoms with van der Waals surface area (Å²) in [5.41, 5.74) is 1.29. The van der Waals surface area contributed by atoms with Gasteiger partial charge < -0.3 is 19.6 Å². The van der Waals surface area contributed by atoms with Gasteiger partial charge in [0, 0.05) is 43.1 Å². The molecule has 0 bridgehead atoms. The van der Waals surface area contributed by atoms with Crippen molar-refractivity contribution in [3.05, 3.63) is 66.2 Å².